The summed E-state index contributed by atoms with van der Waals surface area (Å²) in [6.45, 7) is 3.85. The van der Waals surface area contributed by atoms with Crippen LogP contribution in [0.5, 0.6) is 5.75 Å². The summed E-state index contributed by atoms with van der Waals surface area (Å²) in [6.07, 6.45) is 1.57. The van der Waals surface area contributed by atoms with E-state index in [0.717, 1.165) is 11.3 Å². The average molecular weight is 259 g/mol. The number of nitrogens with zero attached hydrogens (tertiary/aromatic N) is 2. The quantitative estimate of drug-likeness (QED) is 0.826. The van der Waals surface area contributed by atoms with Gasteiger partial charge in [-0.15, -0.1) is 16.8 Å². The summed E-state index contributed by atoms with van der Waals surface area (Å²) in [5, 5.41) is 10.1. The Balaban J connectivity index is 2.15. The fraction of sp³-hybridized carbons (Fsp3) is 0.154. The van der Waals surface area contributed by atoms with Gasteiger partial charge in [0.15, 0.2) is 0 Å². The number of hydrogen-bond donors (Lipinski definition) is 1. The van der Waals surface area contributed by atoms with Gasteiger partial charge in [-0.25, -0.2) is 0 Å². The van der Waals surface area contributed by atoms with Crippen molar-refractivity contribution in [3.05, 3.63) is 42.8 Å². The Morgan fingerprint density at radius 1 is 1.42 bits per heavy atom. The van der Waals surface area contributed by atoms with E-state index in [9.17, 15) is 4.79 Å². The van der Waals surface area contributed by atoms with Crippen molar-refractivity contribution in [1.29, 1.82) is 0 Å². The first-order valence-corrected chi connectivity index (χ1v) is 5.61. The van der Waals surface area contributed by atoms with Gasteiger partial charge in [-0.05, 0) is 24.3 Å². The lowest BCUT2D eigenvalue weighted by Crippen LogP contribution is -2.23. The molecule has 0 aliphatic carbocycles. The second-order valence-electron chi connectivity index (χ2n) is 3.64. The van der Waals surface area contributed by atoms with Gasteiger partial charge >= 0.3 is 11.8 Å². The van der Waals surface area contributed by atoms with Crippen LogP contribution in [0.1, 0.15) is 10.7 Å². The molecule has 0 saturated carbocycles. The monoisotopic (exact) mass is 259 g/mol. The van der Waals surface area contributed by atoms with Gasteiger partial charge in [0.05, 0.1) is 7.11 Å². The lowest BCUT2D eigenvalue weighted by atomic mass is 10.2. The minimum Gasteiger partial charge on any atom is -0.497 e. The van der Waals surface area contributed by atoms with Crippen LogP contribution in [0.25, 0.3) is 11.5 Å². The number of ether oxygens (including phenoxy) is 1. The van der Waals surface area contributed by atoms with Gasteiger partial charge in [0.25, 0.3) is 0 Å². The highest BCUT2D eigenvalue weighted by molar-refractivity contribution is 5.89. The molecule has 0 saturated heterocycles. The van der Waals surface area contributed by atoms with Crippen molar-refractivity contribution in [3.63, 3.8) is 0 Å². The number of methoxy groups -OCH3 is 1. The Morgan fingerprint density at radius 3 is 2.79 bits per heavy atom. The van der Waals surface area contributed by atoms with Gasteiger partial charge in [0.1, 0.15) is 5.75 Å². The maximum atomic E-state index is 11.6. The second-order valence-corrected chi connectivity index (χ2v) is 3.64. The van der Waals surface area contributed by atoms with E-state index in [2.05, 4.69) is 22.1 Å². The number of rotatable bonds is 5. The van der Waals surface area contributed by atoms with Crippen molar-refractivity contribution in [1.82, 2.24) is 15.5 Å². The molecule has 98 valence electrons. The van der Waals surface area contributed by atoms with Crippen molar-refractivity contribution in [2.75, 3.05) is 13.7 Å². The van der Waals surface area contributed by atoms with Gasteiger partial charge in [0, 0.05) is 12.1 Å². The molecule has 0 radical (unpaired) electrons. The van der Waals surface area contributed by atoms with Gasteiger partial charge in [-0.2, -0.15) is 0 Å². The van der Waals surface area contributed by atoms with Gasteiger partial charge in [-0.1, -0.05) is 6.08 Å². The van der Waals surface area contributed by atoms with E-state index in [1.807, 2.05) is 0 Å². The lowest BCUT2D eigenvalue weighted by molar-refractivity contribution is 0.0924. The van der Waals surface area contributed by atoms with Crippen LogP contribution in [0.3, 0.4) is 0 Å². The highest BCUT2D eigenvalue weighted by Crippen LogP contribution is 2.20. The molecule has 0 spiro atoms. The van der Waals surface area contributed by atoms with Crippen LogP contribution in [0.4, 0.5) is 0 Å². The predicted octanol–water partition coefficient (Wildman–Crippen LogP) is 1.66. The maximum Gasteiger partial charge on any atom is 0.309 e. The second kappa shape index (κ2) is 5.81. The van der Waals surface area contributed by atoms with E-state index >= 15 is 0 Å². The van der Waals surface area contributed by atoms with Crippen molar-refractivity contribution in [2.45, 2.75) is 0 Å². The topological polar surface area (TPSA) is 77.2 Å². The SMILES string of the molecule is C=CCNC(=O)c1nnc(-c2ccc(OC)cc2)o1. The van der Waals surface area contributed by atoms with E-state index in [1.54, 1.807) is 37.5 Å². The summed E-state index contributed by atoms with van der Waals surface area (Å²) in [7, 11) is 1.59. The molecule has 6 nitrogen and oxygen atoms in total. The Bertz CT molecular complexity index is 575. The third kappa shape index (κ3) is 2.98. The largest absolute Gasteiger partial charge is 0.497 e. The first kappa shape index (κ1) is 12.8. The number of aromatic nitrogens is 2. The Labute approximate surface area is 110 Å². The summed E-state index contributed by atoms with van der Waals surface area (Å²) in [5.74, 6) is 0.512. The van der Waals surface area contributed by atoms with Crippen molar-refractivity contribution >= 4 is 5.91 Å². The molecule has 0 atom stereocenters. The van der Waals surface area contributed by atoms with Gasteiger partial charge in [-0.3, -0.25) is 4.79 Å². The van der Waals surface area contributed by atoms with Crippen LogP contribution in [-0.4, -0.2) is 29.8 Å². The zero-order valence-electron chi connectivity index (χ0n) is 10.4. The van der Waals surface area contributed by atoms with Gasteiger partial charge < -0.3 is 14.5 Å². The number of carbonyl (C=O) groups is 1. The average Bonchev–Trinajstić information content (AvgIpc) is 2.94. The molecule has 0 aliphatic rings. The summed E-state index contributed by atoms with van der Waals surface area (Å²) >= 11 is 0. The molecule has 0 fully saturated rings. The zero-order valence-corrected chi connectivity index (χ0v) is 10.4. The van der Waals surface area contributed by atoms with Crippen LogP contribution in [-0.2, 0) is 0 Å². The third-order valence-corrected chi connectivity index (χ3v) is 2.36. The molecule has 0 aliphatic heterocycles. The smallest absolute Gasteiger partial charge is 0.309 e. The molecular weight excluding hydrogens is 246 g/mol. The Morgan fingerprint density at radius 2 is 2.16 bits per heavy atom. The fourth-order valence-corrected chi connectivity index (χ4v) is 1.41. The predicted molar refractivity (Wildman–Crippen MR) is 68.8 cm³/mol. The van der Waals surface area contributed by atoms with Crippen LogP contribution in [0, 0.1) is 0 Å². The molecule has 2 aromatic rings. The van der Waals surface area contributed by atoms with Crippen LogP contribution in [0.15, 0.2) is 41.3 Å². The van der Waals surface area contributed by atoms with E-state index in [0.29, 0.717) is 6.54 Å². The summed E-state index contributed by atoms with van der Waals surface area (Å²) < 4.78 is 10.3. The van der Waals surface area contributed by atoms with Gasteiger partial charge in [0.2, 0.25) is 5.89 Å². The van der Waals surface area contributed by atoms with E-state index in [-0.39, 0.29) is 11.8 Å². The first-order valence-electron chi connectivity index (χ1n) is 5.61. The summed E-state index contributed by atoms with van der Waals surface area (Å²) in [5.41, 5.74) is 0.719. The molecule has 1 aromatic carbocycles. The molecular formula is C13H13N3O3. The maximum absolute atomic E-state index is 11.6. The number of carbonyl (C=O) groups excluding carboxylic acids is 1. The highest BCUT2D eigenvalue weighted by atomic mass is 16.5. The first-order chi connectivity index (χ1) is 9.24. The third-order valence-electron chi connectivity index (χ3n) is 2.36. The van der Waals surface area contributed by atoms with E-state index in [4.69, 9.17) is 9.15 Å². The normalized spacial score (nSPS) is 9.95. The molecule has 0 bridgehead atoms. The minimum absolute atomic E-state index is 0.0762. The number of hydrogen-bond acceptors (Lipinski definition) is 5. The summed E-state index contributed by atoms with van der Waals surface area (Å²) in [6, 6.07) is 7.10. The zero-order chi connectivity index (χ0) is 13.7. The van der Waals surface area contributed by atoms with Crippen LogP contribution in [0.2, 0.25) is 0 Å². The van der Waals surface area contributed by atoms with E-state index in [1.165, 1.54) is 0 Å². The lowest BCUT2D eigenvalue weighted by Gasteiger charge is -1.99. The highest BCUT2D eigenvalue weighted by Gasteiger charge is 2.14. The molecule has 1 N–H and O–H groups in total. The number of nitrogens with one attached hydrogen (secondary N) is 1. The fourth-order valence-electron chi connectivity index (χ4n) is 1.41. The summed E-state index contributed by atoms with van der Waals surface area (Å²) in [4.78, 5) is 11.6. The van der Waals surface area contributed by atoms with Crippen LogP contribution >= 0.6 is 0 Å². The molecule has 19 heavy (non-hydrogen) atoms. The molecule has 2 rings (SSSR count). The molecule has 0 unspecified atom stereocenters. The van der Waals surface area contributed by atoms with E-state index < -0.39 is 5.91 Å². The van der Waals surface area contributed by atoms with Crippen LogP contribution < -0.4 is 10.1 Å². The molecule has 1 amide bonds. The molecule has 6 heteroatoms. The van der Waals surface area contributed by atoms with Crippen molar-refractivity contribution in [3.8, 4) is 17.2 Å². The number of amides is 1. The standard InChI is InChI=1S/C13H13N3O3/c1-3-8-14-11(17)13-16-15-12(19-13)9-4-6-10(18-2)7-5-9/h3-7H,1,8H2,2H3,(H,14,17). The van der Waals surface area contributed by atoms with Crippen molar-refractivity contribution in [2.24, 2.45) is 0 Å². The Hall–Kier alpha value is -2.63. The molecule has 1 heterocycles. The Kier molecular flexibility index (Phi) is 3.92. The number of benzene rings is 1. The minimum atomic E-state index is -0.424. The van der Waals surface area contributed by atoms with Crippen molar-refractivity contribution < 1.29 is 13.9 Å². The molecule has 1 aromatic heterocycles.